The Morgan fingerprint density at radius 2 is 1.74 bits per heavy atom. The first-order valence-electron chi connectivity index (χ1n) is 13.3. The number of carbonyl (C=O) groups excluding carboxylic acids is 1. The van der Waals surface area contributed by atoms with E-state index in [-0.39, 0.29) is 16.7 Å². The fourth-order valence-corrected chi connectivity index (χ4v) is 10.6. The predicted octanol–water partition coefficient (Wildman–Crippen LogP) is 5.13. The molecule has 0 aromatic rings. The summed E-state index contributed by atoms with van der Waals surface area (Å²) in [6.45, 7) is 9.34. The molecule has 12 atom stereocenters. The molecular formula is C27H42ClNO2. The number of aliphatic hydroxyl groups is 1. The second kappa shape index (κ2) is 7.19. The first-order valence-corrected chi connectivity index (χ1v) is 13.8. The van der Waals surface area contributed by atoms with E-state index in [1.54, 1.807) is 0 Å². The molecular weight excluding hydrogens is 406 g/mol. The summed E-state index contributed by atoms with van der Waals surface area (Å²) in [5.74, 6) is 5.22. The third-order valence-corrected chi connectivity index (χ3v) is 12.2. The van der Waals surface area contributed by atoms with Crippen molar-refractivity contribution in [3.63, 3.8) is 0 Å². The zero-order valence-corrected chi connectivity index (χ0v) is 20.5. The molecule has 0 bridgehead atoms. The van der Waals surface area contributed by atoms with E-state index in [1.165, 1.54) is 32.2 Å². The standard InChI is InChI=1S/C27H42ClNO2/c1-15-4-7-25-27(3,31)21-6-5-17-18(20(21)14-29(25)13-15)11-22-19(17)12-24(30)23-10-16(28)8-9-26(22,23)2/h15-23,25,31H,4-14H2,1-3H3/t15-,16-,17+,18+,19-,20-,21+,22-,23+,25-,26+,27-/m0/s1. The number of halogens is 1. The van der Waals surface area contributed by atoms with Gasteiger partial charge in [-0.1, -0.05) is 13.8 Å². The summed E-state index contributed by atoms with van der Waals surface area (Å²) in [5.41, 5.74) is -0.391. The fraction of sp³-hybridized carbons (Fsp3) is 0.963. The lowest BCUT2D eigenvalue weighted by Gasteiger charge is -2.59. The summed E-state index contributed by atoms with van der Waals surface area (Å²) in [5, 5.41) is 12.0. The van der Waals surface area contributed by atoms with Gasteiger partial charge in [0.15, 0.2) is 0 Å². The highest BCUT2D eigenvalue weighted by atomic mass is 35.5. The van der Waals surface area contributed by atoms with Crippen molar-refractivity contribution in [2.45, 2.75) is 95.6 Å². The second-order valence-corrected chi connectivity index (χ2v) is 13.8. The van der Waals surface area contributed by atoms with Gasteiger partial charge < -0.3 is 5.11 Å². The molecule has 31 heavy (non-hydrogen) atoms. The maximum Gasteiger partial charge on any atom is 0.136 e. The van der Waals surface area contributed by atoms with Crippen molar-refractivity contribution in [3.8, 4) is 0 Å². The molecule has 2 aliphatic heterocycles. The molecule has 0 spiro atoms. The quantitative estimate of drug-likeness (QED) is 0.523. The Bertz CT molecular complexity index is 754. The number of Topliss-reactive ketones (excluding diaryl/α,β-unsaturated/α-hetero) is 1. The SMILES string of the molecule is C[C@H]1CC[C@@H]2N(C1)C[C@H]1[C@@H]3C[C@H]4[C@@H](CC(=O)[C@H]5C[C@@H](Cl)CC[C@@]54C)[C@@H]3CC[C@H]1[C@]2(C)O. The van der Waals surface area contributed by atoms with Crippen molar-refractivity contribution in [2.24, 2.45) is 52.8 Å². The van der Waals surface area contributed by atoms with E-state index in [1.807, 2.05) is 0 Å². The topological polar surface area (TPSA) is 40.5 Å². The number of hydrogen-bond donors (Lipinski definition) is 1. The lowest BCUT2D eigenvalue weighted by atomic mass is 9.52. The number of fused-ring (bicyclic) bond motifs is 8. The maximum absolute atomic E-state index is 13.3. The van der Waals surface area contributed by atoms with Gasteiger partial charge in [-0.3, -0.25) is 9.69 Å². The van der Waals surface area contributed by atoms with Crippen molar-refractivity contribution < 1.29 is 9.90 Å². The van der Waals surface area contributed by atoms with Crippen molar-refractivity contribution in [1.82, 2.24) is 4.90 Å². The molecule has 174 valence electrons. The van der Waals surface area contributed by atoms with Crippen LogP contribution in [0.25, 0.3) is 0 Å². The molecule has 3 nitrogen and oxygen atoms in total. The minimum Gasteiger partial charge on any atom is -0.388 e. The highest BCUT2D eigenvalue weighted by molar-refractivity contribution is 6.20. The summed E-state index contributed by atoms with van der Waals surface area (Å²) in [6.07, 6.45) is 10.0. The molecule has 2 saturated heterocycles. The van der Waals surface area contributed by atoms with Crippen LogP contribution < -0.4 is 0 Å². The molecule has 4 aliphatic carbocycles. The van der Waals surface area contributed by atoms with E-state index < -0.39 is 5.60 Å². The molecule has 4 saturated carbocycles. The number of rotatable bonds is 0. The monoisotopic (exact) mass is 447 g/mol. The highest BCUT2D eigenvalue weighted by Crippen LogP contribution is 2.66. The lowest BCUT2D eigenvalue weighted by molar-refractivity contribution is -0.175. The lowest BCUT2D eigenvalue weighted by Crippen LogP contribution is -2.67. The highest BCUT2D eigenvalue weighted by Gasteiger charge is 2.64. The first-order chi connectivity index (χ1) is 14.7. The molecule has 0 aromatic heterocycles. The van der Waals surface area contributed by atoms with Gasteiger partial charge in [0.05, 0.1) is 5.60 Å². The summed E-state index contributed by atoms with van der Waals surface area (Å²) in [6, 6.07) is 0.354. The predicted molar refractivity (Wildman–Crippen MR) is 124 cm³/mol. The number of carbonyl (C=O) groups is 1. The van der Waals surface area contributed by atoms with Gasteiger partial charge >= 0.3 is 0 Å². The first kappa shape index (κ1) is 21.4. The zero-order valence-electron chi connectivity index (χ0n) is 19.7. The van der Waals surface area contributed by atoms with Gasteiger partial charge in [0.25, 0.3) is 0 Å². The Kier molecular flexibility index (Phi) is 4.97. The Morgan fingerprint density at radius 3 is 2.55 bits per heavy atom. The van der Waals surface area contributed by atoms with Crippen molar-refractivity contribution in [3.05, 3.63) is 0 Å². The molecule has 6 fully saturated rings. The van der Waals surface area contributed by atoms with Crippen LogP contribution in [-0.2, 0) is 4.79 Å². The number of hydrogen-bond acceptors (Lipinski definition) is 3. The van der Waals surface area contributed by atoms with Gasteiger partial charge in [0.2, 0.25) is 0 Å². The van der Waals surface area contributed by atoms with Crippen LogP contribution in [0.15, 0.2) is 0 Å². The molecule has 6 rings (SSSR count). The normalized spacial score (nSPS) is 59.2. The second-order valence-electron chi connectivity index (χ2n) is 13.2. The van der Waals surface area contributed by atoms with Gasteiger partial charge in [-0.05, 0) is 105 Å². The van der Waals surface area contributed by atoms with E-state index in [9.17, 15) is 9.90 Å². The minimum atomic E-state index is -0.555. The Balaban J connectivity index is 1.31. The summed E-state index contributed by atoms with van der Waals surface area (Å²) in [7, 11) is 0. The van der Waals surface area contributed by atoms with E-state index in [0.29, 0.717) is 47.3 Å². The molecule has 1 N–H and O–H groups in total. The number of ketones is 1. The van der Waals surface area contributed by atoms with Crippen molar-refractivity contribution in [2.75, 3.05) is 13.1 Å². The third-order valence-electron chi connectivity index (χ3n) is 11.8. The van der Waals surface area contributed by atoms with Crippen LogP contribution in [0.4, 0.5) is 0 Å². The largest absolute Gasteiger partial charge is 0.388 e. The molecule has 2 heterocycles. The summed E-state index contributed by atoms with van der Waals surface area (Å²) in [4.78, 5) is 16.0. The van der Waals surface area contributed by atoms with Gasteiger partial charge in [0.1, 0.15) is 5.78 Å². The van der Waals surface area contributed by atoms with Gasteiger partial charge in [-0.2, -0.15) is 0 Å². The van der Waals surface area contributed by atoms with Crippen LogP contribution in [0.3, 0.4) is 0 Å². The third kappa shape index (κ3) is 3.01. The van der Waals surface area contributed by atoms with E-state index in [0.717, 1.165) is 44.6 Å². The fourth-order valence-electron chi connectivity index (χ4n) is 10.3. The van der Waals surface area contributed by atoms with Crippen LogP contribution in [0.5, 0.6) is 0 Å². The Morgan fingerprint density at radius 1 is 0.935 bits per heavy atom. The van der Waals surface area contributed by atoms with E-state index >= 15 is 0 Å². The maximum atomic E-state index is 13.3. The number of piperidine rings is 2. The van der Waals surface area contributed by atoms with Gasteiger partial charge in [0, 0.05) is 36.8 Å². The zero-order chi connectivity index (χ0) is 21.7. The van der Waals surface area contributed by atoms with Crippen molar-refractivity contribution in [1.29, 1.82) is 0 Å². The molecule has 6 aliphatic rings. The molecule has 0 unspecified atom stereocenters. The van der Waals surface area contributed by atoms with Crippen LogP contribution in [0, 0.1) is 52.8 Å². The van der Waals surface area contributed by atoms with Crippen molar-refractivity contribution >= 4 is 17.4 Å². The van der Waals surface area contributed by atoms with E-state index in [2.05, 4.69) is 25.7 Å². The van der Waals surface area contributed by atoms with Crippen LogP contribution >= 0.6 is 11.6 Å². The average molecular weight is 448 g/mol. The Hall–Kier alpha value is -0.120. The number of alkyl halides is 1. The molecule has 0 aromatic carbocycles. The van der Waals surface area contributed by atoms with E-state index in [4.69, 9.17) is 11.6 Å². The van der Waals surface area contributed by atoms with Crippen LogP contribution in [0.2, 0.25) is 0 Å². The molecule has 0 amide bonds. The minimum absolute atomic E-state index is 0.164. The molecule has 4 heteroatoms. The van der Waals surface area contributed by atoms with Gasteiger partial charge in [-0.15, -0.1) is 11.6 Å². The Labute approximate surface area is 193 Å². The van der Waals surface area contributed by atoms with Gasteiger partial charge in [-0.25, -0.2) is 0 Å². The van der Waals surface area contributed by atoms with Crippen LogP contribution in [-0.4, -0.2) is 45.9 Å². The summed E-state index contributed by atoms with van der Waals surface area (Å²) < 4.78 is 0. The average Bonchev–Trinajstić information content (AvgIpc) is 3.09. The summed E-state index contributed by atoms with van der Waals surface area (Å²) >= 11 is 6.54. The smallest absolute Gasteiger partial charge is 0.136 e. The number of nitrogens with zero attached hydrogens (tertiary/aromatic N) is 1. The van der Waals surface area contributed by atoms with Crippen LogP contribution in [0.1, 0.15) is 78.6 Å². The molecule has 0 radical (unpaired) electrons.